The third-order valence-corrected chi connectivity index (χ3v) is 5.62. The molecule has 0 fully saturated rings. The third-order valence-electron chi connectivity index (χ3n) is 5.62. The molecule has 0 aromatic heterocycles. The van der Waals surface area contributed by atoms with Crippen LogP contribution < -0.4 is 5.32 Å². The summed E-state index contributed by atoms with van der Waals surface area (Å²) < 4.78 is 5.37. The Morgan fingerprint density at radius 2 is 1.83 bits per heavy atom. The first-order valence-corrected chi connectivity index (χ1v) is 10.2. The summed E-state index contributed by atoms with van der Waals surface area (Å²) in [5, 5.41) is 11.6. The second kappa shape index (κ2) is 9.23. The molecule has 1 amide bonds. The van der Waals surface area contributed by atoms with Gasteiger partial charge in [-0.3, -0.25) is 4.79 Å². The average molecular weight is 395 g/mol. The van der Waals surface area contributed by atoms with Gasteiger partial charge >= 0.3 is 6.09 Å². The molecule has 0 heterocycles. The molecule has 0 saturated heterocycles. The van der Waals surface area contributed by atoms with Gasteiger partial charge in [0, 0.05) is 31.6 Å². The lowest BCUT2D eigenvalue weighted by Gasteiger charge is -2.15. The average Bonchev–Trinajstić information content (AvgIpc) is 3.03. The molecule has 1 aliphatic rings. The number of carbonyl (C=O) groups is 2. The fourth-order valence-corrected chi connectivity index (χ4v) is 3.91. The topological polar surface area (TPSA) is 75.6 Å². The van der Waals surface area contributed by atoms with E-state index < -0.39 is 6.09 Å². The summed E-state index contributed by atoms with van der Waals surface area (Å²) in [6.45, 7) is 4.41. The number of hydrogen-bond acceptors (Lipinski definition) is 4. The van der Waals surface area contributed by atoms with E-state index in [0.717, 1.165) is 40.7 Å². The predicted molar refractivity (Wildman–Crippen MR) is 113 cm³/mol. The van der Waals surface area contributed by atoms with Crippen molar-refractivity contribution in [2.45, 2.75) is 39.0 Å². The lowest BCUT2D eigenvalue weighted by Crippen LogP contribution is -2.22. The molecule has 2 N–H and O–H groups in total. The SMILES string of the molecule is CNC(=O)OCC1c2cc(C)ccc2-c2ccc(C(=O)CCCC(C)CO)cc21. The van der Waals surface area contributed by atoms with Crippen LogP contribution in [0.2, 0.25) is 0 Å². The second-order valence-corrected chi connectivity index (χ2v) is 7.90. The Morgan fingerprint density at radius 3 is 2.52 bits per heavy atom. The zero-order chi connectivity index (χ0) is 21.0. The van der Waals surface area contributed by atoms with Gasteiger partial charge in [0.05, 0.1) is 0 Å². The van der Waals surface area contributed by atoms with Crippen molar-refractivity contribution < 1.29 is 19.4 Å². The Hall–Kier alpha value is -2.66. The second-order valence-electron chi connectivity index (χ2n) is 7.90. The number of aliphatic hydroxyl groups is 1. The van der Waals surface area contributed by atoms with Gasteiger partial charge in [0.25, 0.3) is 0 Å². The van der Waals surface area contributed by atoms with Gasteiger partial charge in [-0.15, -0.1) is 0 Å². The molecular formula is C24H29NO4. The highest BCUT2D eigenvalue weighted by Crippen LogP contribution is 2.45. The fraction of sp³-hybridized carbons (Fsp3) is 0.417. The van der Waals surface area contributed by atoms with Crippen molar-refractivity contribution in [1.82, 2.24) is 5.32 Å². The summed E-state index contributed by atoms with van der Waals surface area (Å²) in [6.07, 6.45) is 1.60. The van der Waals surface area contributed by atoms with Crippen molar-refractivity contribution in [2.24, 2.45) is 5.92 Å². The largest absolute Gasteiger partial charge is 0.449 e. The highest BCUT2D eigenvalue weighted by molar-refractivity contribution is 5.97. The molecule has 0 bridgehead atoms. The Bertz CT molecular complexity index is 906. The van der Waals surface area contributed by atoms with Gasteiger partial charge in [-0.1, -0.05) is 42.8 Å². The molecular weight excluding hydrogens is 366 g/mol. The highest BCUT2D eigenvalue weighted by atomic mass is 16.5. The first-order chi connectivity index (χ1) is 13.9. The van der Waals surface area contributed by atoms with Crippen molar-refractivity contribution in [2.75, 3.05) is 20.3 Å². The summed E-state index contributed by atoms with van der Waals surface area (Å²) in [6, 6.07) is 12.2. The minimum Gasteiger partial charge on any atom is -0.449 e. The summed E-state index contributed by atoms with van der Waals surface area (Å²) in [7, 11) is 1.54. The van der Waals surface area contributed by atoms with Crippen LogP contribution in [-0.2, 0) is 4.74 Å². The van der Waals surface area contributed by atoms with Gasteiger partial charge in [-0.25, -0.2) is 4.79 Å². The van der Waals surface area contributed by atoms with E-state index in [4.69, 9.17) is 9.84 Å². The summed E-state index contributed by atoms with van der Waals surface area (Å²) in [4.78, 5) is 24.3. The minimum absolute atomic E-state index is 0.0839. The molecule has 0 radical (unpaired) electrons. The molecule has 0 spiro atoms. The van der Waals surface area contributed by atoms with Gasteiger partial charge in [0.2, 0.25) is 0 Å². The Balaban J connectivity index is 1.85. The van der Waals surface area contributed by atoms with Crippen molar-refractivity contribution in [3.05, 3.63) is 58.7 Å². The van der Waals surface area contributed by atoms with Crippen molar-refractivity contribution in [3.63, 3.8) is 0 Å². The Kier molecular flexibility index (Phi) is 6.70. The number of aryl methyl sites for hydroxylation is 1. The van der Waals surface area contributed by atoms with E-state index >= 15 is 0 Å². The van der Waals surface area contributed by atoms with Crippen molar-refractivity contribution in [3.8, 4) is 11.1 Å². The van der Waals surface area contributed by atoms with E-state index in [1.807, 2.05) is 32.0 Å². The number of amides is 1. The first kappa shape index (κ1) is 21.1. The maximum atomic E-state index is 12.7. The number of ketones is 1. The lowest BCUT2D eigenvalue weighted by molar-refractivity contribution is 0.0975. The van der Waals surface area contributed by atoms with E-state index in [9.17, 15) is 9.59 Å². The zero-order valence-electron chi connectivity index (χ0n) is 17.3. The zero-order valence-corrected chi connectivity index (χ0v) is 17.3. The van der Waals surface area contributed by atoms with E-state index in [0.29, 0.717) is 12.0 Å². The number of nitrogens with one attached hydrogen (secondary N) is 1. The van der Waals surface area contributed by atoms with Crippen molar-refractivity contribution >= 4 is 11.9 Å². The molecule has 5 nitrogen and oxygen atoms in total. The van der Waals surface area contributed by atoms with Crippen LogP contribution in [0, 0.1) is 12.8 Å². The van der Waals surface area contributed by atoms with Gasteiger partial charge in [-0.2, -0.15) is 0 Å². The number of hydrogen-bond donors (Lipinski definition) is 2. The maximum absolute atomic E-state index is 12.7. The summed E-state index contributed by atoms with van der Waals surface area (Å²) >= 11 is 0. The van der Waals surface area contributed by atoms with Crippen molar-refractivity contribution in [1.29, 1.82) is 0 Å². The normalized spacial score (nSPS) is 15.4. The molecule has 0 saturated carbocycles. The number of rotatable bonds is 8. The van der Waals surface area contributed by atoms with Crippen LogP contribution in [-0.4, -0.2) is 37.2 Å². The molecule has 154 valence electrons. The van der Waals surface area contributed by atoms with Crippen LogP contribution in [0.15, 0.2) is 36.4 Å². The number of benzene rings is 2. The third kappa shape index (κ3) is 4.67. The molecule has 1 aliphatic carbocycles. The minimum atomic E-state index is -0.460. The number of Topliss-reactive ketones (excluding diaryl/α,β-unsaturated/α-hetero) is 1. The molecule has 2 aromatic carbocycles. The molecule has 29 heavy (non-hydrogen) atoms. The predicted octanol–water partition coefficient (Wildman–Crippen LogP) is 4.44. The van der Waals surface area contributed by atoms with Crippen LogP contribution in [0.3, 0.4) is 0 Å². The quantitative estimate of drug-likeness (QED) is 0.648. The molecule has 3 rings (SSSR count). The molecule has 5 heteroatoms. The monoisotopic (exact) mass is 395 g/mol. The van der Waals surface area contributed by atoms with E-state index in [-0.39, 0.29) is 30.8 Å². The smallest absolute Gasteiger partial charge is 0.406 e. The molecule has 2 unspecified atom stereocenters. The Labute approximate surface area is 172 Å². The van der Waals surface area contributed by atoms with E-state index in [2.05, 4.69) is 23.5 Å². The van der Waals surface area contributed by atoms with Gasteiger partial charge < -0.3 is 15.2 Å². The summed E-state index contributed by atoms with van der Waals surface area (Å²) in [5.41, 5.74) is 6.22. The van der Waals surface area contributed by atoms with Crippen LogP contribution in [0.5, 0.6) is 0 Å². The number of aliphatic hydroxyl groups excluding tert-OH is 1. The number of ether oxygens (including phenoxy) is 1. The van der Waals surface area contributed by atoms with Crippen LogP contribution >= 0.6 is 0 Å². The van der Waals surface area contributed by atoms with Crippen LogP contribution in [0.1, 0.15) is 59.2 Å². The van der Waals surface area contributed by atoms with Gasteiger partial charge in [0.15, 0.2) is 5.78 Å². The van der Waals surface area contributed by atoms with Crippen LogP contribution in [0.4, 0.5) is 4.79 Å². The number of fused-ring (bicyclic) bond motifs is 3. The highest BCUT2D eigenvalue weighted by Gasteiger charge is 2.30. The first-order valence-electron chi connectivity index (χ1n) is 10.2. The number of alkyl carbamates (subject to hydrolysis) is 1. The lowest BCUT2D eigenvalue weighted by atomic mass is 9.94. The van der Waals surface area contributed by atoms with E-state index in [1.165, 1.54) is 7.05 Å². The Morgan fingerprint density at radius 1 is 1.14 bits per heavy atom. The standard InChI is InChI=1S/C24H29NO4/c1-15-7-9-18-19-10-8-17(23(27)6-4-5-16(2)13-26)12-21(19)22(20(18)11-15)14-29-24(28)25-3/h7-12,16,22,26H,4-6,13-14H2,1-3H3,(H,25,28). The van der Waals surface area contributed by atoms with Crippen LogP contribution in [0.25, 0.3) is 11.1 Å². The maximum Gasteiger partial charge on any atom is 0.406 e. The molecule has 2 atom stereocenters. The molecule has 2 aromatic rings. The summed E-state index contributed by atoms with van der Waals surface area (Å²) in [5.74, 6) is 0.238. The number of carbonyl (C=O) groups excluding carboxylic acids is 2. The fourth-order valence-electron chi connectivity index (χ4n) is 3.91. The molecule has 0 aliphatic heterocycles. The van der Waals surface area contributed by atoms with Gasteiger partial charge in [0.1, 0.15) is 6.61 Å². The van der Waals surface area contributed by atoms with Gasteiger partial charge in [-0.05, 0) is 54.0 Å². The van der Waals surface area contributed by atoms with E-state index in [1.54, 1.807) is 0 Å².